The van der Waals surface area contributed by atoms with Crippen LogP contribution in [0.1, 0.15) is 43.0 Å². The highest BCUT2D eigenvalue weighted by Gasteiger charge is 2.40. The Balaban J connectivity index is 1.84. The van der Waals surface area contributed by atoms with E-state index in [1.165, 1.54) is 16.7 Å². The lowest BCUT2D eigenvalue weighted by Crippen LogP contribution is -2.23. The Morgan fingerprint density at radius 2 is 1.58 bits per heavy atom. The maximum Gasteiger partial charge on any atom is 0.263 e. The average molecular weight is 430 g/mol. The lowest BCUT2D eigenvalue weighted by molar-refractivity contribution is 0.579. The van der Waals surface area contributed by atoms with Gasteiger partial charge in [-0.05, 0) is 67.1 Å². The summed E-state index contributed by atoms with van der Waals surface area (Å²) in [5.74, 6) is 0.660. The third kappa shape index (κ3) is 3.08. The number of aryl methyl sites for hydroxylation is 3. The summed E-state index contributed by atoms with van der Waals surface area (Å²) in [5, 5.41) is 0.925. The first kappa shape index (κ1) is 20.2. The molecule has 0 N–H and O–H groups in total. The van der Waals surface area contributed by atoms with E-state index in [1.54, 1.807) is 0 Å². The molecule has 4 aromatic rings. The summed E-state index contributed by atoms with van der Waals surface area (Å²) in [6.07, 6.45) is 0. The number of anilines is 3. The van der Waals surface area contributed by atoms with Crippen LogP contribution >= 0.6 is 0 Å². The minimum absolute atomic E-state index is 0.0669. The Morgan fingerprint density at radius 3 is 2.26 bits per heavy atom. The van der Waals surface area contributed by atoms with Crippen LogP contribution in [0.5, 0.6) is 0 Å². The molecule has 158 valence electrons. The van der Waals surface area contributed by atoms with Crippen molar-refractivity contribution in [3.63, 3.8) is 0 Å². The third-order valence-electron chi connectivity index (χ3n) is 6.06. The zero-order valence-corrected chi connectivity index (χ0v) is 19.7. The van der Waals surface area contributed by atoms with Gasteiger partial charge in [-0.15, -0.1) is 0 Å². The van der Waals surface area contributed by atoms with Gasteiger partial charge in [0.1, 0.15) is 11.3 Å². The molecule has 1 atom stereocenters. The smallest absolute Gasteiger partial charge is 0.263 e. The summed E-state index contributed by atoms with van der Waals surface area (Å²) in [7, 11) is 0. The van der Waals surface area contributed by atoms with Crippen molar-refractivity contribution in [3.05, 3.63) is 76.9 Å². The zero-order valence-electron chi connectivity index (χ0n) is 18.9. The number of hydrogen-bond acceptors (Lipinski definition) is 3. The average Bonchev–Trinajstić information content (AvgIpc) is 3.07. The molecule has 0 fully saturated rings. The molecule has 0 saturated carbocycles. The number of rotatable bonds is 1. The van der Waals surface area contributed by atoms with Gasteiger partial charge < -0.3 is 8.97 Å². The molecule has 0 amide bonds. The monoisotopic (exact) mass is 429 g/mol. The summed E-state index contributed by atoms with van der Waals surface area (Å²) in [4.78, 5) is 3.74. The Morgan fingerprint density at radius 1 is 0.903 bits per heavy atom. The lowest BCUT2D eigenvalue weighted by Gasteiger charge is -2.32. The highest BCUT2D eigenvalue weighted by atomic mass is 32.2. The standard InChI is InChI=1S/C27H27NO2S/c1-16-11-12-22-20(13-16)25-26(30-22)28(21-9-7-8-10-23(21)31(25)29)24-17(2)14-19(15-18(24)3)27(4,5)6/h7-15H,1-6H3. The van der Waals surface area contributed by atoms with Crippen molar-refractivity contribution in [2.45, 2.75) is 56.7 Å². The molecule has 0 saturated heterocycles. The fourth-order valence-corrected chi connectivity index (χ4v) is 5.91. The minimum Gasteiger partial charge on any atom is -0.606 e. The maximum absolute atomic E-state index is 13.7. The van der Waals surface area contributed by atoms with Gasteiger partial charge in [0.25, 0.3) is 5.88 Å². The van der Waals surface area contributed by atoms with Crippen molar-refractivity contribution in [2.24, 2.45) is 0 Å². The van der Waals surface area contributed by atoms with Crippen LogP contribution in [0.4, 0.5) is 17.3 Å². The Hall–Kier alpha value is -2.69. The van der Waals surface area contributed by atoms with Gasteiger partial charge in [-0.3, -0.25) is 4.90 Å². The molecule has 1 aliphatic rings. The van der Waals surface area contributed by atoms with Crippen molar-refractivity contribution in [2.75, 3.05) is 4.90 Å². The first-order valence-electron chi connectivity index (χ1n) is 10.6. The molecule has 1 aliphatic heterocycles. The first-order chi connectivity index (χ1) is 14.7. The van der Waals surface area contributed by atoms with E-state index >= 15 is 0 Å². The van der Waals surface area contributed by atoms with Gasteiger partial charge in [0.15, 0.2) is 4.90 Å². The molecule has 1 aromatic heterocycles. The fraction of sp³-hybridized carbons (Fsp3) is 0.259. The van der Waals surface area contributed by atoms with Gasteiger partial charge in [0.05, 0.1) is 11.1 Å². The minimum atomic E-state index is -1.30. The summed E-state index contributed by atoms with van der Waals surface area (Å²) in [6.45, 7) is 13.1. The molecule has 3 aromatic carbocycles. The zero-order chi connectivity index (χ0) is 22.1. The molecule has 0 aliphatic carbocycles. The van der Waals surface area contributed by atoms with Crippen molar-refractivity contribution in [3.8, 4) is 0 Å². The summed E-state index contributed by atoms with van der Waals surface area (Å²) < 4.78 is 20.0. The normalized spacial score (nSPS) is 15.8. The summed E-state index contributed by atoms with van der Waals surface area (Å²) in [6, 6.07) is 18.6. The molecular formula is C27H27NO2S. The number of fused-ring (bicyclic) bond motifs is 4. The highest BCUT2D eigenvalue weighted by molar-refractivity contribution is 7.92. The van der Waals surface area contributed by atoms with Crippen LogP contribution < -0.4 is 4.90 Å². The summed E-state index contributed by atoms with van der Waals surface area (Å²) in [5.41, 5.74) is 7.62. The maximum atomic E-state index is 13.7. The second-order valence-corrected chi connectivity index (χ2v) is 10.9. The van der Waals surface area contributed by atoms with Crippen molar-refractivity contribution >= 4 is 39.4 Å². The van der Waals surface area contributed by atoms with Gasteiger partial charge in [0, 0.05) is 11.2 Å². The van der Waals surface area contributed by atoms with Gasteiger partial charge in [-0.1, -0.05) is 56.7 Å². The van der Waals surface area contributed by atoms with E-state index in [4.69, 9.17) is 4.42 Å². The van der Waals surface area contributed by atoms with Crippen LogP contribution in [0.3, 0.4) is 0 Å². The van der Waals surface area contributed by atoms with Crippen LogP contribution in [-0.2, 0) is 16.6 Å². The molecule has 31 heavy (non-hydrogen) atoms. The molecule has 0 bridgehead atoms. The number of para-hydroxylation sites is 1. The Kier molecular flexibility index (Phi) is 4.51. The molecule has 0 radical (unpaired) electrons. The summed E-state index contributed by atoms with van der Waals surface area (Å²) >= 11 is -1.30. The molecule has 0 spiro atoms. The Labute approximate surface area is 186 Å². The second-order valence-electron chi connectivity index (χ2n) is 9.52. The van der Waals surface area contributed by atoms with Crippen molar-refractivity contribution in [1.82, 2.24) is 0 Å². The number of benzene rings is 3. The van der Waals surface area contributed by atoms with Crippen LogP contribution in [0.25, 0.3) is 11.0 Å². The van der Waals surface area contributed by atoms with E-state index in [2.05, 4.69) is 64.6 Å². The van der Waals surface area contributed by atoms with Crippen LogP contribution in [0, 0.1) is 20.8 Å². The van der Waals surface area contributed by atoms with E-state index in [9.17, 15) is 4.55 Å². The van der Waals surface area contributed by atoms with Crippen molar-refractivity contribution in [1.29, 1.82) is 0 Å². The molecule has 5 rings (SSSR count). The Bertz CT molecular complexity index is 1310. The first-order valence-corrected chi connectivity index (χ1v) is 11.8. The highest BCUT2D eigenvalue weighted by Crippen LogP contribution is 2.53. The van der Waals surface area contributed by atoms with Crippen molar-refractivity contribution < 1.29 is 8.97 Å². The predicted octanol–water partition coefficient (Wildman–Crippen LogP) is 7.61. The molecular weight excluding hydrogens is 402 g/mol. The number of nitrogens with zero attached hydrogens (tertiary/aromatic N) is 1. The topological polar surface area (TPSA) is 39.4 Å². The van der Waals surface area contributed by atoms with Crippen LogP contribution in [0.2, 0.25) is 0 Å². The van der Waals surface area contributed by atoms with E-state index in [0.29, 0.717) is 5.88 Å². The quantitative estimate of drug-likeness (QED) is 0.292. The van der Waals surface area contributed by atoms with Gasteiger partial charge in [-0.25, -0.2) is 0 Å². The largest absolute Gasteiger partial charge is 0.606 e. The van der Waals surface area contributed by atoms with Gasteiger partial charge in [-0.2, -0.15) is 0 Å². The predicted molar refractivity (Wildman–Crippen MR) is 128 cm³/mol. The van der Waals surface area contributed by atoms with E-state index in [-0.39, 0.29) is 5.41 Å². The lowest BCUT2D eigenvalue weighted by atomic mass is 9.84. The molecule has 1 unspecified atom stereocenters. The second kappa shape index (κ2) is 6.91. The van der Waals surface area contributed by atoms with Crippen LogP contribution in [-0.4, -0.2) is 4.55 Å². The molecule has 3 nitrogen and oxygen atoms in total. The van der Waals surface area contributed by atoms with E-state index in [1.807, 2.05) is 36.4 Å². The van der Waals surface area contributed by atoms with Crippen LogP contribution in [0.15, 0.2) is 68.8 Å². The molecule has 4 heteroatoms. The third-order valence-corrected chi connectivity index (χ3v) is 7.57. The number of hydrogen-bond donors (Lipinski definition) is 0. The van der Waals surface area contributed by atoms with E-state index < -0.39 is 11.2 Å². The number of furan rings is 1. The fourth-order valence-electron chi connectivity index (χ4n) is 4.48. The van der Waals surface area contributed by atoms with Gasteiger partial charge >= 0.3 is 0 Å². The van der Waals surface area contributed by atoms with E-state index in [0.717, 1.165) is 37.7 Å². The molecule has 2 heterocycles. The SMILES string of the molecule is Cc1ccc2oc3c(c2c1)[S+]([O-])c1ccccc1N3c1c(C)cc(C(C)(C)C)cc1C. The van der Waals surface area contributed by atoms with Gasteiger partial charge in [0.2, 0.25) is 4.90 Å².